The van der Waals surface area contributed by atoms with Gasteiger partial charge < -0.3 is 5.32 Å². The Morgan fingerprint density at radius 1 is 1.43 bits per heavy atom. The van der Waals surface area contributed by atoms with E-state index in [1.165, 1.54) is 25.7 Å². The third-order valence-corrected chi connectivity index (χ3v) is 4.26. The van der Waals surface area contributed by atoms with Crippen molar-refractivity contribution in [2.45, 2.75) is 45.1 Å². The Balaban J connectivity index is 1.84. The first-order valence-corrected chi connectivity index (χ1v) is 5.90. The van der Waals surface area contributed by atoms with E-state index in [9.17, 15) is 4.79 Å². The summed E-state index contributed by atoms with van der Waals surface area (Å²) in [6, 6.07) is 0.0501. The van der Waals surface area contributed by atoms with Gasteiger partial charge in [0, 0.05) is 6.42 Å². The molecule has 2 saturated carbocycles. The van der Waals surface area contributed by atoms with Gasteiger partial charge in [-0.15, -0.1) is 0 Å². The SMILES string of the molecule is CNC(C)C(=O)CC1CC2CCC1C2. The van der Waals surface area contributed by atoms with Gasteiger partial charge in [0.25, 0.3) is 0 Å². The Hall–Kier alpha value is -0.370. The lowest BCUT2D eigenvalue weighted by molar-refractivity contribution is -0.121. The number of rotatable bonds is 4. The highest BCUT2D eigenvalue weighted by Crippen LogP contribution is 2.49. The highest BCUT2D eigenvalue weighted by molar-refractivity contribution is 5.83. The Morgan fingerprint density at radius 3 is 2.71 bits per heavy atom. The third-order valence-electron chi connectivity index (χ3n) is 4.26. The predicted octanol–water partition coefficient (Wildman–Crippen LogP) is 1.99. The summed E-state index contributed by atoms with van der Waals surface area (Å²) in [5.41, 5.74) is 0. The number of hydrogen-bond acceptors (Lipinski definition) is 2. The van der Waals surface area contributed by atoms with Crippen molar-refractivity contribution in [3.8, 4) is 0 Å². The van der Waals surface area contributed by atoms with E-state index in [2.05, 4.69) is 5.32 Å². The maximum absolute atomic E-state index is 11.7. The van der Waals surface area contributed by atoms with Crippen LogP contribution < -0.4 is 5.32 Å². The summed E-state index contributed by atoms with van der Waals surface area (Å²) in [5, 5.41) is 3.03. The number of nitrogens with one attached hydrogen (secondary N) is 1. The number of carbonyl (C=O) groups is 1. The monoisotopic (exact) mass is 195 g/mol. The number of likely N-dealkylation sites (N-methyl/N-ethyl adjacent to an activating group) is 1. The number of ketones is 1. The lowest BCUT2D eigenvalue weighted by atomic mass is 9.84. The molecule has 0 aromatic rings. The lowest BCUT2D eigenvalue weighted by Crippen LogP contribution is -2.32. The molecule has 0 spiro atoms. The molecule has 2 rings (SSSR count). The summed E-state index contributed by atoms with van der Waals surface area (Å²) in [5.74, 6) is 2.97. The molecule has 0 aromatic carbocycles. The van der Waals surface area contributed by atoms with Crippen LogP contribution in [0.15, 0.2) is 0 Å². The maximum Gasteiger partial charge on any atom is 0.149 e. The van der Waals surface area contributed by atoms with Gasteiger partial charge in [-0.1, -0.05) is 6.42 Å². The molecule has 2 aliphatic carbocycles. The summed E-state index contributed by atoms with van der Waals surface area (Å²) in [6.45, 7) is 1.97. The van der Waals surface area contributed by atoms with Crippen LogP contribution in [0.4, 0.5) is 0 Å². The van der Waals surface area contributed by atoms with Gasteiger partial charge in [-0.25, -0.2) is 0 Å². The van der Waals surface area contributed by atoms with Crippen LogP contribution in [-0.4, -0.2) is 18.9 Å². The number of Topliss-reactive ketones (excluding diaryl/α,β-unsaturated/α-hetero) is 1. The average molecular weight is 195 g/mol. The molecule has 0 heterocycles. The predicted molar refractivity (Wildman–Crippen MR) is 57.1 cm³/mol. The standard InChI is InChI=1S/C12H21NO/c1-8(13-2)12(14)7-11-6-9-3-4-10(11)5-9/h8-11,13H,3-7H2,1-2H3. The van der Waals surface area contributed by atoms with Gasteiger partial charge in [-0.2, -0.15) is 0 Å². The van der Waals surface area contributed by atoms with E-state index in [1.54, 1.807) is 0 Å². The van der Waals surface area contributed by atoms with E-state index in [0.717, 1.165) is 24.2 Å². The van der Waals surface area contributed by atoms with Crippen molar-refractivity contribution < 1.29 is 4.79 Å². The summed E-state index contributed by atoms with van der Waals surface area (Å²) < 4.78 is 0. The van der Waals surface area contributed by atoms with Gasteiger partial charge in [0.2, 0.25) is 0 Å². The van der Waals surface area contributed by atoms with Crippen molar-refractivity contribution in [3.63, 3.8) is 0 Å². The molecule has 2 aliphatic rings. The minimum atomic E-state index is 0.0501. The van der Waals surface area contributed by atoms with Gasteiger partial charge in [0.15, 0.2) is 0 Å². The van der Waals surface area contributed by atoms with Gasteiger partial charge in [0.1, 0.15) is 5.78 Å². The minimum Gasteiger partial charge on any atom is -0.311 e. The van der Waals surface area contributed by atoms with Crippen molar-refractivity contribution >= 4 is 5.78 Å². The zero-order chi connectivity index (χ0) is 10.1. The molecule has 14 heavy (non-hydrogen) atoms. The van der Waals surface area contributed by atoms with Gasteiger partial charge in [-0.05, 0) is 51.0 Å². The van der Waals surface area contributed by atoms with Crippen LogP contribution in [0.5, 0.6) is 0 Å². The first-order valence-electron chi connectivity index (χ1n) is 5.90. The average Bonchev–Trinajstić information content (AvgIpc) is 2.77. The zero-order valence-electron chi connectivity index (χ0n) is 9.25. The molecule has 1 N–H and O–H groups in total. The highest BCUT2D eigenvalue weighted by Gasteiger charge is 2.40. The second-order valence-corrected chi connectivity index (χ2v) is 5.12. The van der Waals surface area contributed by atoms with E-state index < -0.39 is 0 Å². The normalized spacial score (nSPS) is 37.4. The molecule has 4 unspecified atom stereocenters. The van der Waals surface area contributed by atoms with Crippen molar-refractivity contribution in [2.24, 2.45) is 17.8 Å². The van der Waals surface area contributed by atoms with Crippen molar-refractivity contribution in [2.75, 3.05) is 7.05 Å². The molecule has 0 aromatic heterocycles. The molecule has 0 aliphatic heterocycles. The van der Waals surface area contributed by atoms with Crippen molar-refractivity contribution in [3.05, 3.63) is 0 Å². The van der Waals surface area contributed by atoms with Crippen molar-refractivity contribution in [1.82, 2.24) is 5.32 Å². The van der Waals surface area contributed by atoms with E-state index in [-0.39, 0.29) is 6.04 Å². The van der Waals surface area contributed by atoms with E-state index >= 15 is 0 Å². The molecule has 0 amide bonds. The van der Waals surface area contributed by atoms with Gasteiger partial charge in [-0.3, -0.25) is 4.79 Å². The van der Waals surface area contributed by atoms with Crippen LogP contribution in [0.1, 0.15) is 39.0 Å². The summed E-state index contributed by atoms with van der Waals surface area (Å²) in [6.07, 6.45) is 6.37. The van der Waals surface area contributed by atoms with Gasteiger partial charge in [0.05, 0.1) is 6.04 Å². The van der Waals surface area contributed by atoms with Crippen LogP contribution in [-0.2, 0) is 4.79 Å². The van der Waals surface area contributed by atoms with Crippen molar-refractivity contribution in [1.29, 1.82) is 0 Å². The fourth-order valence-electron chi connectivity index (χ4n) is 3.22. The van der Waals surface area contributed by atoms with Crippen LogP contribution in [0.2, 0.25) is 0 Å². The Kier molecular flexibility index (Phi) is 2.91. The minimum absolute atomic E-state index is 0.0501. The molecule has 2 nitrogen and oxygen atoms in total. The second-order valence-electron chi connectivity index (χ2n) is 5.12. The summed E-state index contributed by atoms with van der Waals surface area (Å²) >= 11 is 0. The van der Waals surface area contributed by atoms with Crippen LogP contribution >= 0.6 is 0 Å². The largest absolute Gasteiger partial charge is 0.311 e. The molecule has 4 atom stereocenters. The third kappa shape index (κ3) is 1.85. The fourth-order valence-corrected chi connectivity index (χ4v) is 3.22. The number of carbonyl (C=O) groups excluding carboxylic acids is 1. The lowest BCUT2D eigenvalue weighted by Gasteiger charge is -2.22. The first kappa shape index (κ1) is 10.2. The second kappa shape index (κ2) is 4.01. The molecule has 80 valence electrons. The number of hydrogen-bond donors (Lipinski definition) is 1. The molecule has 2 fully saturated rings. The van der Waals surface area contributed by atoms with Crippen LogP contribution in [0, 0.1) is 17.8 Å². The van der Waals surface area contributed by atoms with Gasteiger partial charge >= 0.3 is 0 Å². The topological polar surface area (TPSA) is 29.1 Å². The molecule has 2 bridgehead atoms. The highest BCUT2D eigenvalue weighted by atomic mass is 16.1. The molecular weight excluding hydrogens is 174 g/mol. The molecular formula is C12H21NO. The summed E-state index contributed by atoms with van der Waals surface area (Å²) in [7, 11) is 1.86. The summed E-state index contributed by atoms with van der Waals surface area (Å²) in [4.78, 5) is 11.7. The Bertz CT molecular complexity index is 226. The van der Waals surface area contributed by atoms with E-state index in [1.807, 2.05) is 14.0 Å². The Morgan fingerprint density at radius 2 is 2.21 bits per heavy atom. The van der Waals surface area contributed by atoms with E-state index in [4.69, 9.17) is 0 Å². The molecule has 0 radical (unpaired) electrons. The molecule has 0 saturated heterocycles. The smallest absolute Gasteiger partial charge is 0.149 e. The molecule has 2 heteroatoms. The van der Waals surface area contributed by atoms with Crippen LogP contribution in [0.25, 0.3) is 0 Å². The van der Waals surface area contributed by atoms with E-state index in [0.29, 0.717) is 5.78 Å². The first-order chi connectivity index (χ1) is 6.70. The Labute approximate surface area is 86.5 Å². The van der Waals surface area contributed by atoms with Crippen LogP contribution in [0.3, 0.4) is 0 Å². The maximum atomic E-state index is 11.7. The zero-order valence-corrected chi connectivity index (χ0v) is 9.25. The number of fused-ring (bicyclic) bond motifs is 2. The quantitative estimate of drug-likeness (QED) is 0.743. The fraction of sp³-hybridized carbons (Fsp3) is 0.917.